The predicted molar refractivity (Wildman–Crippen MR) is 123 cm³/mol. The Labute approximate surface area is 191 Å². The Kier molecular flexibility index (Phi) is 7.23. The molecule has 0 aromatic heterocycles. The number of anilines is 1. The van der Waals surface area contributed by atoms with Crippen molar-refractivity contribution < 1.29 is 17.9 Å². The number of ether oxygens (including phenoxy) is 1. The fourth-order valence-electron chi connectivity index (χ4n) is 2.89. The van der Waals surface area contributed by atoms with Crippen LogP contribution in [0.5, 0.6) is 5.75 Å². The molecule has 1 N–H and O–H groups in total. The third-order valence-electron chi connectivity index (χ3n) is 4.55. The van der Waals surface area contributed by atoms with Crippen molar-refractivity contribution in [3.63, 3.8) is 0 Å². The number of nitrogens with one attached hydrogen (secondary N) is 1. The molecule has 1 amide bonds. The second-order valence-corrected chi connectivity index (χ2v) is 9.55. The Morgan fingerprint density at radius 1 is 1.00 bits per heavy atom. The van der Waals surface area contributed by atoms with Crippen LogP contribution >= 0.6 is 23.2 Å². The highest BCUT2D eigenvalue weighted by molar-refractivity contribution is 7.89. The molecular weight excluding hydrogens is 459 g/mol. The third kappa shape index (κ3) is 5.37. The van der Waals surface area contributed by atoms with Gasteiger partial charge in [0, 0.05) is 19.3 Å². The van der Waals surface area contributed by atoms with Gasteiger partial charge in [0.15, 0.2) is 0 Å². The largest absolute Gasteiger partial charge is 0.495 e. The van der Waals surface area contributed by atoms with E-state index in [2.05, 4.69) is 5.32 Å². The quantitative estimate of drug-likeness (QED) is 0.513. The molecule has 0 saturated heterocycles. The molecule has 0 radical (unpaired) electrons. The second kappa shape index (κ2) is 9.70. The molecule has 0 atom stereocenters. The van der Waals surface area contributed by atoms with Gasteiger partial charge in [0.25, 0.3) is 5.91 Å². The van der Waals surface area contributed by atoms with Crippen molar-refractivity contribution in [3.8, 4) is 5.75 Å². The molecule has 0 aliphatic rings. The zero-order valence-electron chi connectivity index (χ0n) is 16.8. The van der Waals surface area contributed by atoms with Crippen LogP contribution in [-0.4, -0.2) is 32.8 Å². The van der Waals surface area contributed by atoms with Crippen LogP contribution in [0.2, 0.25) is 10.0 Å². The van der Waals surface area contributed by atoms with Gasteiger partial charge >= 0.3 is 0 Å². The number of rotatable bonds is 7. The molecular formula is C22H20Cl2N2O4S. The normalized spacial score (nSPS) is 11.4. The van der Waals surface area contributed by atoms with E-state index >= 15 is 0 Å². The van der Waals surface area contributed by atoms with Crippen molar-refractivity contribution in [1.29, 1.82) is 0 Å². The first-order valence-electron chi connectivity index (χ1n) is 9.17. The highest BCUT2D eigenvalue weighted by Gasteiger charge is 2.23. The molecule has 0 fully saturated rings. The van der Waals surface area contributed by atoms with Crippen LogP contribution < -0.4 is 10.1 Å². The molecule has 0 bridgehead atoms. The number of benzene rings is 3. The first kappa shape index (κ1) is 23.1. The molecule has 3 rings (SSSR count). The Hall–Kier alpha value is -2.58. The lowest BCUT2D eigenvalue weighted by molar-refractivity contribution is 0.102. The van der Waals surface area contributed by atoms with E-state index in [0.717, 1.165) is 5.56 Å². The van der Waals surface area contributed by atoms with Crippen molar-refractivity contribution in [1.82, 2.24) is 4.31 Å². The molecule has 3 aromatic carbocycles. The topological polar surface area (TPSA) is 75.7 Å². The van der Waals surface area contributed by atoms with Crippen LogP contribution in [0.4, 0.5) is 5.69 Å². The summed E-state index contributed by atoms with van der Waals surface area (Å²) in [7, 11) is -0.873. The Bertz CT molecular complexity index is 1200. The maximum absolute atomic E-state index is 13.0. The van der Waals surface area contributed by atoms with E-state index in [4.69, 9.17) is 27.9 Å². The number of hydrogen-bond acceptors (Lipinski definition) is 4. The minimum atomic E-state index is -3.84. The molecule has 0 spiro atoms. The van der Waals surface area contributed by atoms with E-state index in [1.54, 1.807) is 12.1 Å². The van der Waals surface area contributed by atoms with Gasteiger partial charge in [0.1, 0.15) is 5.75 Å². The smallest absolute Gasteiger partial charge is 0.257 e. The van der Waals surface area contributed by atoms with Crippen LogP contribution in [0.1, 0.15) is 15.9 Å². The van der Waals surface area contributed by atoms with Gasteiger partial charge in [-0.3, -0.25) is 4.79 Å². The summed E-state index contributed by atoms with van der Waals surface area (Å²) in [6.45, 7) is 0.192. The van der Waals surface area contributed by atoms with Crippen LogP contribution in [-0.2, 0) is 16.6 Å². The van der Waals surface area contributed by atoms with E-state index in [1.807, 2.05) is 30.3 Å². The Morgan fingerprint density at radius 3 is 2.35 bits per heavy atom. The summed E-state index contributed by atoms with van der Waals surface area (Å²) in [5, 5.41) is 3.12. The van der Waals surface area contributed by atoms with E-state index in [9.17, 15) is 13.2 Å². The van der Waals surface area contributed by atoms with Gasteiger partial charge < -0.3 is 10.1 Å². The summed E-state index contributed by atoms with van der Waals surface area (Å²) >= 11 is 12.3. The zero-order chi connectivity index (χ0) is 22.6. The van der Waals surface area contributed by atoms with Gasteiger partial charge in [-0.05, 0) is 42.0 Å². The molecule has 3 aromatic rings. The lowest BCUT2D eigenvalue weighted by Crippen LogP contribution is -2.27. The fourth-order valence-corrected chi connectivity index (χ4v) is 4.53. The highest BCUT2D eigenvalue weighted by Crippen LogP contribution is 2.28. The molecule has 0 saturated carbocycles. The van der Waals surface area contributed by atoms with E-state index in [1.165, 1.54) is 42.7 Å². The number of sulfonamides is 1. The molecule has 0 aliphatic carbocycles. The molecule has 162 valence electrons. The minimum Gasteiger partial charge on any atom is -0.495 e. The van der Waals surface area contributed by atoms with E-state index < -0.39 is 15.9 Å². The number of amides is 1. The average Bonchev–Trinajstić information content (AvgIpc) is 2.74. The zero-order valence-corrected chi connectivity index (χ0v) is 19.1. The van der Waals surface area contributed by atoms with Crippen molar-refractivity contribution >= 4 is 44.8 Å². The lowest BCUT2D eigenvalue weighted by atomic mass is 10.2. The standard InChI is InChI=1S/C22H20Cl2N2O4S/c1-26(14-15-6-4-3-5-7-15)31(28,29)17-9-10-19(23)18(13-17)22(27)25-16-8-11-21(30-2)20(24)12-16/h3-13H,14H2,1-2H3,(H,25,27). The third-order valence-corrected chi connectivity index (χ3v) is 6.97. The number of methoxy groups -OCH3 is 1. The number of halogens is 2. The molecule has 6 nitrogen and oxygen atoms in total. The van der Waals surface area contributed by atoms with E-state index in [0.29, 0.717) is 16.5 Å². The Morgan fingerprint density at radius 2 is 1.71 bits per heavy atom. The van der Waals surface area contributed by atoms with Crippen molar-refractivity contribution in [2.75, 3.05) is 19.5 Å². The number of carbonyl (C=O) groups excluding carboxylic acids is 1. The van der Waals surface area contributed by atoms with Gasteiger partial charge in [-0.25, -0.2) is 8.42 Å². The Balaban J connectivity index is 1.85. The van der Waals surface area contributed by atoms with Crippen LogP contribution in [0.3, 0.4) is 0 Å². The van der Waals surface area contributed by atoms with Crippen LogP contribution in [0.25, 0.3) is 0 Å². The summed E-state index contributed by atoms with van der Waals surface area (Å²) in [5.74, 6) is -0.0961. The lowest BCUT2D eigenvalue weighted by Gasteiger charge is -2.18. The van der Waals surface area contributed by atoms with Gasteiger partial charge in [-0.2, -0.15) is 4.31 Å². The first-order valence-corrected chi connectivity index (χ1v) is 11.4. The molecule has 0 heterocycles. The summed E-state index contributed by atoms with van der Waals surface area (Å²) < 4.78 is 32.3. The van der Waals surface area contributed by atoms with Gasteiger partial charge in [0.2, 0.25) is 10.0 Å². The monoisotopic (exact) mass is 478 g/mol. The number of carbonyl (C=O) groups is 1. The fraction of sp³-hybridized carbons (Fsp3) is 0.136. The van der Waals surface area contributed by atoms with Crippen molar-refractivity contribution in [2.45, 2.75) is 11.4 Å². The average molecular weight is 479 g/mol. The summed E-state index contributed by atoms with van der Waals surface area (Å²) in [4.78, 5) is 12.7. The van der Waals surface area contributed by atoms with Crippen molar-refractivity contribution in [3.05, 3.63) is 87.9 Å². The van der Waals surface area contributed by atoms with Gasteiger partial charge in [-0.1, -0.05) is 53.5 Å². The molecule has 31 heavy (non-hydrogen) atoms. The van der Waals surface area contributed by atoms with E-state index in [-0.39, 0.29) is 22.0 Å². The highest BCUT2D eigenvalue weighted by atomic mass is 35.5. The summed E-state index contributed by atoms with van der Waals surface area (Å²) in [6.07, 6.45) is 0. The summed E-state index contributed by atoms with van der Waals surface area (Å²) in [6, 6.07) is 18.0. The molecule has 0 aliphatic heterocycles. The molecule has 0 unspecified atom stereocenters. The number of hydrogen-bond donors (Lipinski definition) is 1. The maximum atomic E-state index is 13.0. The number of nitrogens with zero attached hydrogens (tertiary/aromatic N) is 1. The second-order valence-electron chi connectivity index (χ2n) is 6.69. The first-order chi connectivity index (χ1) is 14.7. The SMILES string of the molecule is COc1ccc(NC(=O)c2cc(S(=O)(=O)N(C)Cc3ccccc3)ccc2Cl)cc1Cl. The maximum Gasteiger partial charge on any atom is 0.257 e. The van der Waals surface area contributed by atoms with Gasteiger partial charge in [0.05, 0.1) is 27.6 Å². The summed E-state index contributed by atoms with van der Waals surface area (Å²) in [5.41, 5.74) is 1.29. The minimum absolute atomic E-state index is 0.0304. The molecule has 9 heteroatoms. The predicted octanol–water partition coefficient (Wildman–Crippen LogP) is 5.08. The van der Waals surface area contributed by atoms with Crippen LogP contribution in [0.15, 0.2) is 71.6 Å². The van der Waals surface area contributed by atoms with Crippen molar-refractivity contribution in [2.24, 2.45) is 0 Å². The van der Waals surface area contributed by atoms with Gasteiger partial charge in [-0.15, -0.1) is 0 Å². The van der Waals surface area contributed by atoms with Crippen LogP contribution in [0, 0.1) is 0 Å².